The van der Waals surface area contributed by atoms with Crippen molar-refractivity contribution in [3.8, 4) is 28.6 Å². The molecule has 0 saturated heterocycles. The quantitative estimate of drug-likeness (QED) is 0.783. The molecule has 0 aliphatic carbocycles. The summed E-state index contributed by atoms with van der Waals surface area (Å²) < 4.78 is 10.9. The molecular formula is C17H15N3O3. The van der Waals surface area contributed by atoms with Gasteiger partial charge in [-0.05, 0) is 12.1 Å². The first-order valence-electron chi connectivity index (χ1n) is 7.10. The molecule has 1 amide bonds. The second-order valence-electron chi connectivity index (χ2n) is 4.75. The van der Waals surface area contributed by atoms with Crippen LogP contribution in [0.1, 0.15) is 0 Å². The third-order valence-electron chi connectivity index (χ3n) is 3.21. The van der Waals surface area contributed by atoms with E-state index < -0.39 is 0 Å². The minimum atomic E-state index is -0.213. The average Bonchev–Trinajstić information content (AvgIpc) is 3.10. The molecule has 0 unspecified atom stereocenters. The molecule has 1 heterocycles. The maximum Gasteiger partial charge on any atom is 0.262 e. The van der Waals surface area contributed by atoms with Gasteiger partial charge in [0.25, 0.3) is 11.8 Å². The smallest absolute Gasteiger partial charge is 0.262 e. The van der Waals surface area contributed by atoms with Crippen molar-refractivity contribution in [2.75, 3.05) is 13.7 Å². The number of aromatic nitrogens is 2. The van der Waals surface area contributed by atoms with E-state index in [1.54, 1.807) is 13.1 Å². The predicted molar refractivity (Wildman–Crippen MR) is 84.7 cm³/mol. The van der Waals surface area contributed by atoms with Gasteiger partial charge in [0.05, 0.1) is 5.56 Å². The molecule has 0 bridgehead atoms. The number of para-hydroxylation sites is 1. The number of hydrogen-bond acceptors (Lipinski definition) is 5. The fourth-order valence-corrected chi connectivity index (χ4v) is 2.02. The summed E-state index contributed by atoms with van der Waals surface area (Å²) in [6, 6.07) is 16.8. The monoisotopic (exact) mass is 309 g/mol. The summed E-state index contributed by atoms with van der Waals surface area (Å²) in [5, 5.41) is 6.50. The van der Waals surface area contributed by atoms with Crippen LogP contribution in [0.2, 0.25) is 0 Å². The van der Waals surface area contributed by atoms with Gasteiger partial charge in [-0.2, -0.15) is 4.98 Å². The highest BCUT2D eigenvalue weighted by Crippen LogP contribution is 2.30. The van der Waals surface area contributed by atoms with Crippen molar-refractivity contribution in [3.05, 3.63) is 54.6 Å². The number of nitrogens with zero attached hydrogens (tertiary/aromatic N) is 2. The highest BCUT2D eigenvalue weighted by atomic mass is 16.5. The lowest BCUT2D eigenvalue weighted by Gasteiger charge is -2.07. The molecule has 0 aliphatic heterocycles. The maximum absolute atomic E-state index is 11.3. The molecule has 1 N–H and O–H groups in total. The SMILES string of the molecule is CNC(=O)COc1ccccc1-c1nc(-c2ccccc2)no1. The maximum atomic E-state index is 11.3. The van der Waals surface area contributed by atoms with E-state index in [1.807, 2.05) is 48.5 Å². The molecule has 116 valence electrons. The molecule has 0 fully saturated rings. The Morgan fingerprint density at radius 3 is 2.65 bits per heavy atom. The predicted octanol–water partition coefficient (Wildman–Crippen LogP) is 2.53. The van der Waals surface area contributed by atoms with Crippen LogP contribution in [0.15, 0.2) is 59.1 Å². The van der Waals surface area contributed by atoms with Gasteiger partial charge in [-0.15, -0.1) is 0 Å². The van der Waals surface area contributed by atoms with Gasteiger partial charge in [0.1, 0.15) is 5.75 Å². The molecule has 6 nitrogen and oxygen atoms in total. The third-order valence-corrected chi connectivity index (χ3v) is 3.21. The Morgan fingerprint density at radius 1 is 1.13 bits per heavy atom. The van der Waals surface area contributed by atoms with Crippen LogP contribution in [0.4, 0.5) is 0 Å². The summed E-state index contributed by atoms with van der Waals surface area (Å²) in [5.41, 5.74) is 1.51. The fourth-order valence-electron chi connectivity index (χ4n) is 2.02. The zero-order valence-electron chi connectivity index (χ0n) is 12.5. The van der Waals surface area contributed by atoms with Crippen molar-refractivity contribution in [2.45, 2.75) is 0 Å². The van der Waals surface area contributed by atoms with Gasteiger partial charge >= 0.3 is 0 Å². The van der Waals surface area contributed by atoms with Crippen LogP contribution >= 0.6 is 0 Å². The van der Waals surface area contributed by atoms with Crippen LogP contribution in [-0.4, -0.2) is 29.7 Å². The van der Waals surface area contributed by atoms with E-state index in [0.29, 0.717) is 23.0 Å². The zero-order chi connectivity index (χ0) is 16.1. The van der Waals surface area contributed by atoms with Gasteiger partial charge in [-0.25, -0.2) is 0 Å². The van der Waals surface area contributed by atoms with Crippen molar-refractivity contribution in [1.29, 1.82) is 0 Å². The van der Waals surface area contributed by atoms with E-state index in [2.05, 4.69) is 15.5 Å². The number of carbonyl (C=O) groups is 1. The first kappa shape index (κ1) is 14.8. The molecule has 0 spiro atoms. The van der Waals surface area contributed by atoms with E-state index in [9.17, 15) is 4.79 Å². The highest BCUT2D eigenvalue weighted by Gasteiger charge is 2.15. The number of hydrogen-bond donors (Lipinski definition) is 1. The number of rotatable bonds is 5. The lowest BCUT2D eigenvalue weighted by atomic mass is 10.2. The standard InChI is InChI=1S/C17H15N3O3/c1-18-15(21)11-22-14-10-6-5-9-13(14)17-19-16(20-23-17)12-7-3-2-4-8-12/h2-10H,11H2,1H3,(H,18,21). The summed E-state index contributed by atoms with van der Waals surface area (Å²) in [4.78, 5) is 15.7. The molecule has 2 aromatic carbocycles. The van der Waals surface area contributed by atoms with Crippen LogP contribution in [0.25, 0.3) is 22.8 Å². The number of carbonyl (C=O) groups excluding carboxylic acids is 1. The Kier molecular flexibility index (Phi) is 4.33. The summed E-state index contributed by atoms with van der Waals surface area (Å²) in [7, 11) is 1.56. The highest BCUT2D eigenvalue weighted by molar-refractivity contribution is 5.77. The van der Waals surface area contributed by atoms with Gasteiger partial charge in [-0.1, -0.05) is 47.6 Å². The Balaban J connectivity index is 1.88. The van der Waals surface area contributed by atoms with E-state index >= 15 is 0 Å². The molecule has 0 radical (unpaired) electrons. The number of likely N-dealkylation sites (N-methyl/N-ethyl adjacent to an activating group) is 1. The molecule has 23 heavy (non-hydrogen) atoms. The molecule has 3 aromatic rings. The van der Waals surface area contributed by atoms with Gasteiger partial charge in [0.2, 0.25) is 5.82 Å². The van der Waals surface area contributed by atoms with Crippen LogP contribution in [0.3, 0.4) is 0 Å². The van der Waals surface area contributed by atoms with Crippen molar-refractivity contribution >= 4 is 5.91 Å². The molecule has 1 aromatic heterocycles. The molecule has 0 aliphatic rings. The van der Waals surface area contributed by atoms with Crippen LogP contribution in [0, 0.1) is 0 Å². The minimum Gasteiger partial charge on any atom is -0.483 e. The van der Waals surface area contributed by atoms with Crippen molar-refractivity contribution in [3.63, 3.8) is 0 Å². The van der Waals surface area contributed by atoms with Crippen molar-refractivity contribution in [1.82, 2.24) is 15.5 Å². The van der Waals surface area contributed by atoms with Gasteiger partial charge < -0.3 is 14.6 Å². The molecule has 3 rings (SSSR count). The zero-order valence-corrected chi connectivity index (χ0v) is 12.5. The molecule has 0 saturated carbocycles. The Hall–Kier alpha value is -3.15. The van der Waals surface area contributed by atoms with E-state index in [-0.39, 0.29) is 12.5 Å². The van der Waals surface area contributed by atoms with Crippen molar-refractivity contribution < 1.29 is 14.1 Å². The van der Waals surface area contributed by atoms with E-state index in [4.69, 9.17) is 9.26 Å². The summed E-state index contributed by atoms with van der Waals surface area (Å²) in [5.74, 6) is 1.15. The number of nitrogens with one attached hydrogen (secondary N) is 1. The Labute approximate surface area is 133 Å². The van der Waals surface area contributed by atoms with Crippen LogP contribution < -0.4 is 10.1 Å². The van der Waals surface area contributed by atoms with Gasteiger partial charge in [-0.3, -0.25) is 4.79 Å². The first-order valence-corrected chi connectivity index (χ1v) is 7.10. The third kappa shape index (κ3) is 3.37. The number of ether oxygens (including phenoxy) is 1. The normalized spacial score (nSPS) is 10.3. The average molecular weight is 309 g/mol. The second kappa shape index (κ2) is 6.74. The van der Waals surface area contributed by atoms with E-state index in [0.717, 1.165) is 5.56 Å². The lowest BCUT2D eigenvalue weighted by Crippen LogP contribution is -2.24. The molecule has 6 heteroatoms. The summed E-state index contributed by atoms with van der Waals surface area (Å²) in [6.45, 7) is -0.0762. The summed E-state index contributed by atoms with van der Waals surface area (Å²) >= 11 is 0. The second-order valence-corrected chi connectivity index (χ2v) is 4.75. The largest absolute Gasteiger partial charge is 0.483 e. The van der Waals surface area contributed by atoms with Gasteiger partial charge in [0.15, 0.2) is 6.61 Å². The Bertz CT molecular complexity index is 800. The van der Waals surface area contributed by atoms with Crippen LogP contribution in [-0.2, 0) is 4.79 Å². The number of benzene rings is 2. The topological polar surface area (TPSA) is 77.2 Å². The minimum absolute atomic E-state index is 0.0762. The van der Waals surface area contributed by atoms with Gasteiger partial charge in [0, 0.05) is 12.6 Å². The summed E-state index contributed by atoms with van der Waals surface area (Å²) in [6.07, 6.45) is 0. The first-order chi connectivity index (χ1) is 11.3. The van der Waals surface area contributed by atoms with Crippen LogP contribution in [0.5, 0.6) is 5.75 Å². The molecule has 0 atom stereocenters. The Morgan fingerprint density at radius 2 is 1.87 bits per heavy atom. The number of amides is 1. The fraction of sp³-hybridized carbons (Fsp3) is 0.118. The van der Waals surface area contributed by atoms with E-state index in [1.165, 1.54) is 0 Å². The molecular weight excluding hydrogens is 294 g/mol. The lowest BCUT2D eigenvalue weighted by molar-refractivity contribution is -0.122. The van der Waals surface area contributed by atoms with Crippen molar-refractivity contribution in [2.24, 2.45) is 0 Å².